The molecule has 4 saturated carbocycles. The number of hydrogen-bond acceptors (Lipinski definition) is 6. The summed E-state index contributed by atoms with van der Waals surface area (Å²) in [6, 6.07) is 0. The number of rotatable bonds is 5. The Hall–Kier alpha value is -1.24. The number of carbonyl (C=O) groups is 1. The lowest BCUT2D eigenvalue weighted by atomic mass is 9.41. The Morgan fingerprint density at radius 2 is 2.06 bits per heavy atom. The molecule has 0 aromatic heterocycles. The Balaban J connectivity index is 1.29. The molecular weight excluding hydrogens is 402 g/mol. The van der Waals surface area contributed by atoms with E-state index in [2.05, 4.69) is 23.5 Å². The zero-order valence-electron chi connectivity index (χ0n) is 19.9. The molecule has 0 amide bonds. The monoisotopic (exact) mass is 441 g/mol. The third-order valence-electron chi connectivity index (χ3n) is 10.8. The SMILES string of the molecule is COC[C@]12CC[C@@](C)(O)C[C@@H]1CC[C@H]1[C@@H]3CC[C@H](C(=O)CN4N=CCN4)[C@@]3(C)CC3=CC312. The Bertz CT molecular complexity index is 884. The Labute approximate surface area is 191 Å². The molecule has 4 fully saturated rings. The van der Waals surface area contributed by atoms with E-state index in [4.69, 9.17) is 4.74 Å². The first-order valence-corrected chi connectivity index (χ1v) is 12.8. The van der Waals surface area contributed by atoms with Gasteiger partial charge in [-0.1, -0.05) is 18.6 Å². The van der Waals surface area contributed by atoms with Gasteiger partial charge in [0.1, 0.15) is 6.54 Å². The molecule has 5 aliphatic carbocycles. The van der Waals surface area contributed by atoms with Crippen LogP contribution in [-0.2, 0) is 9.53 Å². The van der Waals surface area contributed by atoms with Crippen LogP contribution in [0.3, 0.4) is 0 Å². The summed E-state index contributed by atoms with van der Waals surface area (Å²) in [5.74, 6) is 2.24. The van der Waals surface area contributed by atoms with E-state index in [1.165, 1.54) is 19.3 Å². The number of hydrazine groups is 1. The summed E-state index contributed by atoms with van der Waals surface area (Å²) in [7, 11) is 1.85. The maximum absolute atomic E-state index is 13.4. The van der Waals surface area contributed by atoms with Gasteiger partial charge in [-0.15, -0.1) is 0 Å². The van der Waals surface area contributed by atoms with Crippen molar-refractivity contribution in [3.8, 4) is 0 Å². The maximum Gasteiger partial charge on any atom is 0.159 e. The second kappa shape index (κ2) is 6.89. The predicted molar refractivity (Wildman–Crippen MR) is 123 cm³/mol. The van der Waals surface area contributed by atoms with Crippen molar-refractivity contribution in [3.63, 3.8) is 0 Å². The fraction of sp³-hybridized carbons (Fsp3) is 0.846. The lowest BCUT2D eigenvalue weighted by molar-refractivity contribution is -0.171. The molecule has 1 unspecified atom stereocenters. The number of allylic oxidation sites excluding steroid dienone is 2. The van der Waals surface area contributed by atoms with E-state index in [1.54, 1.807) is 10.7 Å². The van der Waals surface area contributed by atoms with Crippen molar-refractivity contribution < 1.29 is 14.6 Å². The van der Waals surface area contributed by atoms with Crippen LogP contribution in [0.15, 0.2) is 16.8 Å². The van der Waals surface area contributed by atoms with Crippen LogP contribution in [0.4, 0.5) is 0 Å². The number of ether oxygens (including phenoxy) is 1. The summed E-state index contributed by atoms with van der Waals surface area (Å²) in [4.78, 5) is 13.4. The summed E-state index contributed by atoms with van der Waals surface area (Å²) in [5.41, 5.74) is 4.62. The first-order valence-electron chi connectivity index (χ1n) is 12.8. The van der Waals surface area contributed by atoms with Gasteiger partial charge in [-0.2, -0.15) is 5.10 Å². The van der Waals surface area contributed by atoms with Crippen LogP contribution in [0.25, 0.3) is 0 Å². The minimum atomic E-state index is -0.541. The zero-order valence-corrected chi connectivity index (χ0v) is 19.9. The molecule has 1 heterocycles. The van der Waals surface area contributed by atoms with E-state index in [0.717, 1.165) is 38.7 Å². The summed E-state index contributed by atoms with van der Waals surface area (Å²) in [5, 5.41) is 16.9. The highest BCUT2D eigenvalue weighted by Gasteiger charge is 2.75. The van der Waals surface area contributed by atoms with Gasteiger partial charge in [0.2, 0.25) is 0 Å². The van der Waals surface area contributed by atoms with Crippen LogP contribution in [0.5, 0.6) is 0 Å². The molecule has 176 valence electrons. The van der Waals surface area contributed by atoms with Gasteiger partial charge in [-0.25, -0.2) is 10.5 Å². The van der Waals surface area contributed by atoms with Crippen molar-refractivity contribution in [1.82, 2.24) is 10.5 Å². The molecular formula is C26H39N3O3. The Morgan fingerprint density at radius 1 is 1.25 bits per heavy atom. The maximum atomic E-state index is 13.4. The molecule has 1 spiro atoms. The van der Waals surface area contributed by atoms with E-state index in [0.29, 0.717) is 36.6 Å². The highest BCUT2D eigenvalue weighted by atomic mass is 16.5. The van der Waals surface area contributed by atoms with Crippen molar-refractivity contribution in [2.45, 2.75) is 70.8 Å². The van der Waals surface area contributed by atoms with E-state index in [1.807, 2.05) is 20.2 Å². The average Bonchev–Trinajstić information content (AvgIpc) is 3.07. The number of methoxy groups -OCH3 is 1. The number of hydrogen-bond donors (Lipinski definition) is 2. The minimum absolute atomic E-state index is 0.0677. The lowest BCUT2D eigenvalue weighted by Gasteiger charge is -2.63. The summed E-state index contributed by atoms with van der Waals surface area (Å²) >= 11 is 0. The van der Waals surface area contributed by atoms with Gasteiger partial charge < -0.3 is 9.84 Å². The van der Waals surface area contributed by atoms with Crippen LogP contribution in [-0.4, -0.2) is 54.6 Å². The molecule has 6 heteroatoms. The number of fused-ring (bicyclic) bond motifs is 3. The highest BCUT2D eigenvalue weighted by Crippen LogP contribution is 2.80. The van der Waals surface area contributed by atoms with Crippen LogP contribution in [0.2, 0.25) is 0 Å². The minimum Gasteiger partial charge on any atom is -0.390 e. The van der Waals surface area contributed by atoms with Crippen LogP contribution in [0, 0.1) is 39.9 Å². The number of ketones is 1. The summed E-state index contributed by atoms with van der Waals surface area (Å²) in [6.07, 6.45) is 12.9. The molecule has 6 nitrogen and oxygen atoms in total. The number of aliphatic hydroxyl groups is 1. The first kappa shape index (κ1) is 21.3. The second-order valence-corrected chi connectivity index (χ2v) is 12.3. The van der Waals surface area contributed by atoms with Gasteiger partial charge in [-0.05, 0) is 81.5 Å². The van der Waals surface area contributed by atoms with Crippen molar-refractivity contribution in [1.29, 1.82) is 0 Å². The van der Waals surface area contributed by atoms with Gasteiger partial charge >= 0.3 is 0 Å². The molecule has 2 N–H and O–H groups in total. The topological polar surface area (TPSA) is 74.2 Å². The predicted octanol–water partition coefficient (Wildman–Crippen LogP) is 3.32. The molecule has 0 aromatic rings. The standard InChI is InChI=1S/C26H39N3O3/c1-23(31)8-9-25(16-32-3)17(12-23)4-5-20-19-6-7-21(22(30)15-29-27-10-11-28-29)24(19,2)13-18-14-26(18,20)25/h10,14,17,19-21,28,31H,4-9,11-13,15-16H2,1-3H3/t17-,19-,20-,21+,23+,24-,25+,26?/m0/s1. The number of nitrogens with one attached hydrogen (secondary N) is 1. The van der Waals surface area contributed by atoms with Gasteiger partial charge in [-0.3, -0.25) is 4.79 Å². The highest BCUT2D eigenvalue weighted by molar-refractivity contribution is 5.84. The number of carbonyl (C=O) groups excluding carboxylic acids is 1. The molecule has 32 heavy (non-hydrogen) atoms. The van der Waals surface area contributed by atoms with Crippen molar-refractivity contribution >= 4 is 12.0 Å². The smallest absolute Gasteiger partial charge is 0.159 e. The largest absolute Gasteiger partial charge is 0.390 e. The van der Waals surface area contributed by atoms with Gasteiger partial charge in [0.05, 0.1) is 18.8 Å². The van der Waals surface area contributed by atoms with Crippen molar-refractivity contribution in [3.05, 3.63) is 11.6 Å². The fourth-order valence-electron chi connectivity index (χ4n) is 9.55. The molecule has 6 rings (SSSR count). The van der Waals surface area contributed by atoms with E-state index < -0.39 is 5.60 Å². The fourth-order valence-corrected chi connectivity index (χ4v) is 9.55. The van der Waals surface area contributed by atoms with Crippen LogP contribution < -0.4 is 5.43 Å². The normalized spacial score (nSPS) is 50.9. The number of hydrazone groups is 1. The van der Waals surface area contributed by atoms with E-state index in [9.17, 15) is 9.90 Å². The summed E-state index contributed by atoms with van der Waals surface area (Å²) < 4.78 is 5.93. The third kappa shape index (κ3) is 2.69. The molecule has 1 aliphatic heterocycles. The van der Waals surface area contributed by atoms with Gasteiger partial charge in [0, 0.05) is 30.1 Å². The molecule has 0 radical (unpaired) electrons. The van der Waals surface area contributed by atoms with E-state index in [-0.39, 0.29) is 22.2 Å². The van der Waals surface area contributed by atoms with Crippen LogP contribution in [0.1, 0.15) is 65.2 Å². The quantitative estimate of drug-likeness (QED) is 0.641. The first-order chi connectivity index (χ1) is 15.3. The number of nitrogens with zero attached hydrogens (tertiary/aromatic N) is 2. The Morgan fingerprint density at radius 3 is 2.81 bits per heavy atom. The zero-order chi connectivity index (χ0) is 22.4. The molecule has 0 aromatic carbocycles. The molecule has 0 bridgehead atoms. The Kier molecular flexibility index (Phi) is 4.59. The third-order valence-corrected chi connectivity index (χ3v) is 10.8. The van der Waals surface area contributed by atoms with Gasteiger partial charge in [0.15, 0.2) is 5.78 Å². The van der Waals surface area contributed by atoms with Crippen molar-refractivity contribution in [2.75, 3.05) is 26.8 Å². The second-order valence-electron chi connectivity index (χ2n) is 12.3. The molecule has 0 saturated heterocycles. The van der Waals surface area contributed by atoms with E-state index >= 15 is 0 Å². The molecule has 6 aliphatic rings. The summed E-state index contributed by atoms with van der Waals surface area (Å²) in [6.45, 7) is 6.33. The van der Waals surface area contributed by atoms with Crippen molar-refractivity contribution in [2.24, 2.45) is 45.0 Å². The van der Waals surface area contributed by atoms with Gasteiger partial charge in [0.25, 0.3) is 0 Å². The van der Waals surface area contributed by atoms with Crippen LogP contribution >= 0.6 is 0 Å². The number of Topliss-reactive ketones (excluding diaryl/α,β-unsaturated/α-hetero) is 1. The lowest BCUT2D eigenvalue weighted by Crippen LogP contribution is -2.60. The molecule has 8 atom stereocenters. The average molecular weight is 442 g/mol.